The molecule has 108 valence electrons. The molecule has 0 heterocycles. The lowest BCUT2D eigenvalue weighted by Gasteiger charge is -2.20. The Labute approximate surface area is 126 Å². The van der Waals surface area contributed by atoms with E-state index in [0.29, 0.717) is 5.92 Å². The molecule has 0 saturated carbocycles. The molecular formula is C16H26BrNO. The van der Waals surface area contributed by atoms with Crippen LogP contribution >= 0.6 is 15.9 Å². The van der Waals surface area contributed by atoms with Crippen LogP contribution in [0, 0.1) is 5.92 Å². The van der Waals surface area contributed by atoms with Crippen molar-refractivity contribution in [3.8, 4) is 5.75 Å². The monoisotopic (exact) mass is 327 g/mol. The molecule has 0 spiro atoms. The van der Waals surface area contributed by atoms with Gasteiger partial charge in [0.1, 0.15) is 5.75 Å². The van der Waals surface area contributed by atoms with Crippen molar-refractivity contribution in [1.82, 2.24) is 5.32 Å². The van der Waals surface area contributed by atoms with Gasteiger partial charge in [0, 0.05) is 12.1 Å². The number of nitrogens with one attached hydrogen (secondary N) is 1. The third-order valence-corrected chi connectivity index (χ3v) is 3.39. The Morgan fingerprint density at radius 3 is 2.47 bits per heavy atom. The molecule has 1 rings (SSSR count). The minimum Gasteiger partial charge on any atom is -0.492 e. The summed E-state index contributed by atoms with van der Waals surface area (Å²) in [6.45, 7) is 12.6. The van der Waals surface area contributed by atoms with E-state index in [1.807, 2.05) is 6.07 Å². The summed E-state index contributed by atoms with van der Waals surface area (Å²) in [6, 6.07) is 6.29. The Morgan fingerprint density at radius 1 is 1.26 bits per heavy atom. The molecule has 0 atom stereocenters. The predicted octanol–water partition coefficient (Wildman–Crippen LogP) is 4.76. The number of halogens is 1. The average Bonchev–Trinajstić information content (AvgIpc) is 2.27. The summed E-state index contributed by atoms with van der Waals surface area (Å²) in [7, 11) is 0. The number of hydrogen-bond donors (Lipinski definition) is 1. The summed E-state index contributed by atoms with van der Waals surface area (Å²) >= 11 is 3.58. The lowest BCUT2D eigenvalue weighted by Crippen LogP contribution is -2.35. The van der Waals surface area contributed by atoms with Gasteiger partial charge in [0.2, 0.25) is 0 Å². The molecule has 2 nitrogen and oxygen atoms in total. The van der Waals surface area contributed by atoms with Gasteiger partial charge in [0.15, 0.2) is 0 Å². The molecule has 0 aliphatic rings. The van der Waals surface area contributed by atoms with Gasteiger partial charge in [-0.1, -0.05) is 19.9 Å². The first-order valence-corrected chi connectivity index (χ1v) is 7.73. The summed E-state index contributed by atoms with van der Waals surface area (Å²) < 4.78 is 6.81. The molecule has 0 fully saturated rings. The van der Waals surface area contributed by atoms with Crippen LogP contribution in [-0.4, -0.2) is 12.1 Å². The molecule has 1 N–H and O–H groups in total. The fraction of sp³-hybridized carbons (Fsp3) is 0.625. The van der Waals surface area contributed by atoms with Crippen molar-refractivity contribution in [2.75, 3.05) is 6.61 Å². The number of ether oxygens (including phenoxy) is 1. The Bertz CT molecular complexity index is 396. The first-order valence-electron chi connectivity index (χ1n) is 6.94. The largest absolute Gasteiger partial charge is 0.492 e. The fourth-order valence-electron chi connectivity index (χ4n) is 1.54. The average molecular weight is 328 g/mol. The molecule has 0 unspecified atom stereocenters. The van der Waals surface area contributed by atoms with Gasteiger partial charge in [-0.15, -0.1) is 0 Å². The van der Waals surface area contributed by atoms with Gasteiger partial charge in [-0.2, -0.15) is 0 Å². The van der Waals surface area contributed by atoms with E-state index in [1.54, 1.807) is 0 Å². The van der Waals surface area contributed by atoms with Gasteiger partial charge in [0.25, 0.3) is 0 Å². The summed E-state index contributed by atoms with van der Waals surface area (Å²) in [4.78, 5) is 0. The van der Waals surface area contributed by atoms with Crippen LogP contribution in [0.3, 0.4) is 0 Å². The van der Waals surface area contributed by atoms with Gasteiger partial charge >= 0.3 is 0 Å². The first kappa shape index (κ1) is 16.5. The maximum Gasteiger partial charge on any atom is 0.133 e. The van der Waals surface area contributed by atoms with Crippen LogP contribution in [-0.2, 0) is 6.54 Å². The van der Waals surface area contributed by atoms with Crippen molar-refractivity contribution in [3.63, 3.8) is 0 Å². The molecule has 0 bridgehead atoms. The molecule has 3 heteroatoms. The van der Waals surface area contributed by atoms with Crippen LogP contribution in [0.15, 0.2) is 22.7 Å². The van der Waals surface area contributed by atoms with Crippen LogP contribution in [0.4, 0.5) is 0 Å². The molecule has 0 radical (unpaired) electrons. The van der Waals surface area contributed by atoms with Gasteiger partial charge in [-0.25, -0.2) is 0 Å². The van der Waals surface area contributed by atoms with E-state index < -0.39 is 0 Å². The van der Waals surface area contributed by atoms with Crippen molar-refractivity contribution < 1.29 is 4.74 Å². The SMILES string of the molecule is CC(C)CCOc1ccc(CNC(C)(C)C)cc1Br. The van der Waals surface area contributed by atoms with Crippen LogP contribution in [0.5, 0.6) is 5.75 Å². The minimum atomic E-state index is 0.138. The maximum absolute atomic E-state index is 5.78. The summed E-state index contributed by atoms with van der Waals surface area (Å²) in [5.41, 5.74) is 1.40. The zero-order valence-electron chi connectivity index (χ0n) is 12.7. The zero-order chi connectivity index (χ0) is 14.5. The normalized spacial score (nSPS) is 11.9. The second kappa shape index (κ2) is 7.30. The van der Waals surface area contributed by atoms with Crippen LogP contribution < -0.4 is 10.1 Å². The Morgan fingerprint density at radius 2 is 1.95 bits per heavy atom. The zero-order valence-corrected chi connectivity index (χ0v) is 14.3. The van der Waals surface area contributed by atoms with Crippen molar-refractivity contribution in [1.29, 1.82) is 0 Å². The molecular weight excluding hydrogens is 302 g/mol. The molecule has 1 aromatic carbocycles. The Kier molecular flexibility index (Phi) is 6.34. The molecule has 0 amide bonds. The Balaban J connectivity index is 2.54. The summed E-state index contributed by atoms with van der Waals surface area (Å²) in [5.74, 6) is 1.61. The summed E-state index contributed by atoms with van der Waals surface area (Å²) in [6.07, 6.45) is 1.08. The van der Waals surface area contributed by atoms with Gasteiger partial charge < -0.3 is 10.1 Å². The van der Waals surface area contributed by atoms with E-state index in [9.17, 15) is 0 Å². The summed E-state index contributed by atoms with van der Waals surface area (Å²) in [5, 5.41) is 3.48. The highest BCUT2D eigenvalue weighted by molar-refractivity contribution is 9.10. The Hall–Kier alpha value is -0.540. The lowest BCUT2D eigenvalue weighted by molar-refractivity contribution is 0.288. The highest BCUT2D eigenvalue weighted by Gasteiger charge is 2.09. The van der Waals surface area contributed by atoms with E-state index in [-0.39, 0.29) is 5.54 Å². The highest BCUT2D eigenvalue weighted by Crippen LogP contribution is 2.26. The second-order valence-electron chi connectivity index (χ2n) is 6.40. The molecule has 0 aliphatic carbocycles. The molecule has 0 aliphatic heterocycles. The van der Waals surface area contributed by atoms with E-state index in [1.165, 1.54) is 5.56 Å². The van der Waals surface area contributed by atoms with Crippen molar-refractivity contribution >= 4 is 15.9 Å². The van der Waals surface area contributed by atoms with Crippen LogP contribution in [0.2, 0.25) is 0 Å². The number of hydrogen-bond acceptors (Lipinski definition) is 2. The van der Waals surface area contributed by atoms with Gasteiger partial charge in [-0.05, 0) is 66.7 Å². The van der Waals surface area contributed by atoms with E-state index in [2.05, 4.69) is 68.0 Å². The van der Waals surface area contributed by atoms with Crippen LogP contribution in [0.25, 0.3) is 0 Å². The molecule has 19 heavy (non-hydrogen) atoms. The van der Waals surface area contributed by atoms with E-state index >= 15 is 0 Å². The van der Waals surface area contributed by atoms with Crippen molar-refractivity contribution in [3.05, 3.63) is 28.2 Å². The van der Waals surface area contributed by atoms with Gasteiger partial charge in [0.05, 0.1) is 11.1 Å². The third kappa shape index (κ3) is 6.98. The van der Waals surface area contributed by atoms with Crippen molar-refractivity contribution in [2.45, 2.75) is 53.1 Å². The number of benzene rings is 1. The second-order valence-corrected chi connectivity index (χ2v) is 7.25. The van der Waals surface area contributed by atoms with E-state index in [0.717, 1.165) is 29.8 Å². The quantitative estimate of drug-likeness (QED) is 0.813. The van der Waals surface area contributed by atoms with E-state index in [4.69, 9.17) is 4.74 Å². The molecule has 1 aromatic rings. The lowest BCUT2D eigenvalue weighted by atomic mass is 10.1. The highest BCUT2D eigenvalue weighted by atomic mass is 79.9. The molecule has 0 aromatic heterocycles. The predicted molar refractivity (Wildman–Crippen MR) is 85.7 cm³/mol. The molecule has 0 saturated heterocycles. The standard InChI is InChI=1S/C16H26BrNO/c1-12(2)8-9-19-15-7-6-13(10-14(15)17)11-18-16(3,4)5/h6-7,10,12,18H,8-9,11H2,1-5H3. The van der Waals surface area contributed by atoms with Gasteiger partial charge in [-0.3, -0.25) is 0 Å². The van der Waals surface area contributed by atoms with Crippen molar-refractivity contribution in [2.24, 2.45) is 5.92 Å². The maximum atomic E-state index is 5.78. The smallest absolute Gasteiger partial charge is 0.133 e. The first-order chi connectivity index (χ1) is 8.78. The topological polar surface area (TPSA) is 21.3 Å². The third-order valence-electron chi connectivity index (χ3n) is 2.77. The minimum absolute atomic E-state index is 0.138. The van der Waals surface area contributed by atoms with Crippen LogP contribution in [0.1, 0.15) is 46.6 Å². The fourth-order valence-corrected chi connectivity index (χ4v) is 2.08. The number of rotatable bonds is 6.